The molecule has 0 amide bonds. The molecular formula is C8H15NO6. The maximum Gasteiger partial charge on any atom is 0.387 e. The first-order valence-electron chi connectivity index (χ1n) is 4.52. The SMILES string of the molecule is CCOC(OCC)[C@@H](C(=O)OC)[N+](=O)[O-]. The van der Waals surface area contributed by atoms with Gasteiger partial charge in [0.1, 0.15) is 0 Å². The summed E-state index contributed by atoms with van der Waals surface area (Å²) in [5.74, 6) is -0.980. The molecule has 0 aliphatic carbocycles. The maximum atomic E-state index is 11.1. The Morgan fingerprint density at radius 3 is 2.07 bits per heavy atom. The van der Waals surface area contributed by atoms with Crippen molar-refractivity contribution in [1.29, 1.82) is 0 Å². The van der Waals surface area contributed by atoms with E-state index in [9.17, 15) is 14.9 Å². The first kappa shape index (κ1) is 13.8. The summed E-state index contributed by atoms with van der Waals surface area (Å²) in [6.07, 6.45) is -1.21. The molecule has 0 aliphatic heterocycles. The summed E-state index contributed by atoms with van der Waals surface area (Å²) in [6.45, 7) is 3.73. The van der Waals surface area contributed by atoms with Crippen LogP contribution < -0.4 is 0 Å². The van der Waals surface area contributed by atoms with Gasteiger partial charge in [0.15, 0.2) is 0 Å². The predicted molar refractivity (Wildman–Crippen MR) is 49.8 cm³/mol. The fraction of sp³-hybridized carbons (Fsp3) is 0.875. The molecule has 0 spiro atoms. The molecule has 0 fully saturated rings. The largest absolute Gasteiger partial charge is 0.464 e. The quantitative estimate of drug-likeness (QED) is 0.264. The molecule has 0 aliphatic rings. The summed E-state index contributed by atoms with van der Waals surface area (Å²) in [6, 6.07) is -1.64. The number of esters is 1. The second kappa shape index (κ2) is 7.13. The zero-order chi connectivity index (χ0) is 11.8. The first-order chi connectivity index (χ1) is 7.08. The molecule has 0 saturated heterocycles. The standard InChI is InChI=1S/C8H15NO6/c1-4-14-8(15-5-2)6(9(11)12)7(10)13-3/h6,8H,4-5H2,1-3H3/t6-/m1/s1. The lowest BCUT2D eigenvalue weighted by Gasteiger charge is -2.18. The van der Waals surface area contributed by atoms with E-state index in [0.29, 0.717) is 0 Å². The van der Waals surface area contributed by atoms with Crippen LogP contribution in [-0.2, 0) is 19.0 Å². The number of carbonyl (C=O) groups is 1. The number of ether oxygens (including phenoxy) is 3. The Bertz CT molecular complexity index is 213. The fourth-order valence-electron chi connectivity index (χ4n) is 0.976. The lowest BCUT2D eigenvalue weighted by molar-refractivity contribution is -0.536. The van der Waals surface area contributed by atoms with Crippen molar-refractivity contribution in [3.05, 3.63) is 10.1 Å². The molecule has 7 nitrogen and oxygen atoms in total. The lowest BCUT2D eigenvalue weighted by Crippen LogP contribution is -2.44. The Kier molecular flexibility index (Phi) is 6.56. The van der Waals surface area contributed by atoms with Crippen molar-refractivity contribution in [3.63, 3.8) is 0 Å². The van der Waals surface area contributed by atoms with E-state index in [-0.39, 0.29) is 13.2 Å². The molecule has 0 unspecified atom stereocenters. The Balaban J connectivity index is 4.66. The van der Waals surface area contributed by atoms with Crippen LogP contribution >= 0.6 is 0 Å². The number of nitro groups is 1. The monoisotopic (exact) mass is 221 g/mol. The van der Waals surface area contributed by atoms with Gasteiger partial charge in [0.05, 0.1) is 7.11 Å². The summed E-state index contributed by atoms with van der Waals surface area (Å²) in [4.78, 5) is 21.0. The van der Waals surface area contributed by atoms with Crippen LogP contribution in [-0.4, -0.2) is 43.5 Å². The van der Waals surface area contributed by atoms with Gasteiger partial charge in [-0.15, -0.1) is 0 Å². The van der Waals surface area contributed by atoms with E-state index in [1.54, 1.807) is 13.8 Å². The van der Waals surface area contributed by atoms with Crippen LogP contribution in [0.25, 0.3) is 0 Å². The molecule has 88 valence electrons. The van der Waals surface area contributed by atoms with Crippen molar-refractivity contribution in [2.45, 2.75) is 26.2 Å². The molecule has 0 radical (unpaired) electrons. The van der Waals surface area contributed by atoms with Crippen molar-refractivity contribution in [1.82, 2.24) is 0 Å². The van der Waals surface area contributed by atoms with Crippen LogP contribution in [0.1, 0.15) is 13.8 Å². The van der Waals surface area contributed by atoms with Gasteiger partial charge in [0, 0.05) is 18.1 Å². The highest BCUT2D eigenvalue weighted by atomic mass is 16.7. The first-order valence-corrected chi connectivity index (χ1v) is 4.52. The lowest BCUT2D eigenvalue weighted by atomic mass is 10.3. The third-order valence-electron chi connectivity index (χ3n) is 1.59. The normalized spacial score (nSPS) is 12.5. The van der Waals surface area contributed by atoms with Gasteiger partial charge in [-0.1, -0.05) is 0 Å². The van der Waals surface area contributed by atoms with Crippen molar-refractivity contribution < 1.29 is 23.9 Å². The molecule has 1 atom stereocenters. The zero-order valence-corrected chi connectivity index (χ0v) is 8.97. The number of rotatable bonds is 7. The minimum absolute atomic E-state index is 0.214. The van der Waals surface area contributed by atoms with Crippen molar-refractivity contribution in [2.75, 3.05) is 20.3 Å². The summed E-state index contributed by atoms with van der Waals surface area (Å²) in [5, 5.41) is 10.6. The van der Waals surface area contributed by atoms with Gasteiger partial charge < -0.3 is 14.2 Å². The Morgan fingerprint density at radius 2 is 1.80 bits per heavy atom. The van der Waals surface area contributed by atoms with Gasteiger partial charge in [-0.2, -0.15) is 0 Å². The molecule has 0 aromatic heterocycles. The minimum atomic E-state index is -1.64. The molecule has 0 N–H and O–H groups in total. The Hall–Kier alpha value is -1.21. The summed E-state index contributed by atoms with van der Waals surface area (Å²) < 4.78 is 14.2. The predicted octanol–water partition coefficient (Wildman–Crippen LogP) is 0.204. The van der Waals surface area contributed by atoms with Gasteiger partial charge >= 0.3 is 12.0 Å². The molecule has 7 heteroatoms. The summed E-state index contributed by atoms with van der Waals surface area (Å²) in [5.41, 5.74) is 0. The van der Waals surface area contributed by atoms with Crippen molar-refractivity contribution in [3.8, 4) is 0 Å². The number of hydrogen-bond acceptors (Lipinski definition) is 6. The van der Waals surface area contributed by atoms with Crippen LogP contribution in [0.2, 0.25) is 0 Å². The van der Waals surface area contributed by atoms with Gasteiger partial charge in [-0.25, -0.2) is 4.79 Å². The van der Waals surface area contributed by atoms with E-state index < -0.39 is 23.2 Å². The Labute approximate surface area is 87.4 Å². The van der Waals surface area contributed by atoms with E-state index in [1.807, 2.05) is 0 Å². The molecule has 0 heterocycles. The Morgan fingerprint density at radius 1 is 1.33 bits per heavy atom. The highest BCUT2D eigenvalue weighted by molar-refractivity contribution is 5.74. The van der Waals surface area contributed by atoms with Gasteiger partial charge in [0.25, 0.3) is 0 Å². The average Bonchev–Trinajstić information content (AvgIpc) is 2.18. The van der Waals surface area contributed by atoms with E-state index in [4.69, 9.17) is 9.47 Å². The smallest absolute Gasteiger partial charge is 0.387 e. The molecule has 15 heavy (non-hydrogen) atoms. The molecular weight excluding hydrogens is 206 g/mol. The molecule has 0 aromatic rings. The van der Waals surface area contributed by atoms with Crippen molar-refractivity contribution >= 4 is 5.97 Å². The second-order valence-electron chi connectivity index (χ2n) is 2.53. The second-order valence-corrected chi connectivity index (χ2v) is 2.53. The number of nitrogens with zero attached hydrogens (tertiary/aromatic N) is 1. The van der Waals surface area contributed by atoms with E-state index in [1.165, 1.54) is 0 Å². The average molecular weight is 221 g/mol. The summed E-state index contributed by atoms with van der Waals surface area (Å²) in [7, 11) is 1.08. The van der Waals surface area contributed by atoms with Crippen LogP contribution in [0.5, 0.6) is 0 Å². The molecule has 0 rings (SSSR count). The molecule has 0 saturated carbocycles. The highest BCUT2D eigenvalue weighted by Gasteiger charge is 2.41. The van der Waals surface area contributed by atoms with Crippen LogP contribution in [0.15, 0.2) is 0 Å². The van der Waals surface area contributed by atoms with Gasteiger partial charge in [-0.3, -0.25) is 10.1 Å². The maximum absolute atomic E-state index is 11.1. The van der Waals surface area contributed by atoms with Crippen LogP contribution in [0, 0.1) is 10.1 Å². The van der Waals surface area contributed by atoms with E-state index in [0.717, 1.165) is 7.11 Å². The number of methoxy groups -OCH3 is 1. The summed E-state index contributed by atoms with van der Waals surface area (Å²) >= 11 is 0. The van der Waals surface area contributed by atoms with E-state index in [2.05, 4.69) is 4.74 Å². The number of carbonyl (C=O) groups excluding carboxylic acids is 1. The minimum Gasteiger partial charge on any atom is -0.464 e. The zero-order valence-electron chi connectivity index (χ0n) is 8.97. The molecule has 0 aromatic carbocycles. The molecule has 0 bridgehead atoms. The van der Waals surface area contributed by atoms with Crippen LogP contribution in [0.4, 0.5) is 0 Å². The van der Waals surface area contributed by atoms with E-state index >= 15 is 0 Å². The van der Waals surface area contributed by atoms with Gasteiger partial charge in [0.2, 0.25) is 6.29 Å². The van der Waals surface area contributed by atoms with Crippen molar-refractivity contribution in [2.24, 2.45) is 0 Å². The highest BCUT2D eigenvalue weighted by Crippen LogP contribution is 2.07. The third kappa shape index (κ3) is 4.22. The number of hydrogen-bond donors (Lipinski definition) is 0. The van der Waals surface area contributed by atoms with Crippen LogP contribution in [0.3, 0.4) is 0 Å². The topological polar surface area (TPSA) is 87.9 Å². The third-order valence-corrected chi connectivity index (χ3v) is 1.59. The van der Waals surface area contributed by atoms with Gasteiger partial charge in [-0.05, 0) is 13.8 Å². The fourth-order valence-corrected chi connectivity index (χ4v) is 0.976.